The Labute approximate surface area is 235 Å². The summed E-state index contributed by atoms with van der Waals surface area (Å²) in [5.74, 6) is 1.09. The van der Waals surface area contributed by atoms with Gasteiger partial charge in [0, 0.05) is 22.5 Å². The summed E-state index contributed by atoms with van der Waals surface area (Å²) in [7, 11) is 0. The lowest BCUT2D eigenvalue weighted by Gasteiger charge is -2.22. The lowest BCUT2D eigenvalue weighted by atomic mass is 9.98. The smallest absolute Gasteiger partial charge is 0.232 e. The number of ether oxygens (including phenoxy) is 1. The maximum atomic E-state index is 6.17. The molecule has 1 aromatic heterocycles. The summed E-state index contributed by atoms with van der Waals surface area (Å²) in [6, 6.07) is 32.6. The molecule has 0 aliphatic carbocycles. The van der Waals surface area contributed by atoms with Crippen molar-refractivity contribution < 1.29 is 4.74 Å². The molecule has 0 atom stereocenters. The van der Waals surface area contributed by atoms with Crippen molar-refractivity contribution in [2.75, 3.05) is 31.2 Å². The first-order chi connectivity index (χ1) is 19.6. The summed E-state index contributed by atoms with van der Waals surface area (Å²) in [6.45, 7) is 2.73. The molecule has 1 aliphatic heterocycles. The average molecular weight is 528 g/mol. The van der Waals surface area contributed by atoms with Crippen LogP contribution in [0.1, 0.15) is 12.8 Å². The third-order valence-electron chi connectivity index (χ3n) is 7.48. The Balaban J connectivity index is 1.32. The van der Waals surface area contributed by atoms with Crippen LogP contribution in [0.15, 0.2) is 103 Å². The van der Waals surface area contributed by atoms with Crippen LogP contribution in [0.2, 0.25) is 0 Å². The number of hydrogen-bond donors (Lipinski definition) is 3. The number of anilines is 2. The van der Waals surface area contributed by atoms with Gasteiger partial charge < -0.3 is 21.5 Å². The van der Waals surface area contributed by atoms with Crippen LogP contribution in [-0.2, 0) is 0 Å². The SMILES string of the molecule is Nc1ccc(-c2ccc(-c3ncc(OCC4CCNCC4)nc3-c3ccc(-c4ccc(N)cc4)cc3)cc2)cc1. The highest BCUT2D eigenvalue weighted by atomic mass is 16.5. The minimum absolute atomic E-state index is 0.534. The van der Waals surface area contributed by atoms with Gasteiger partial charge in [0.15, 0.2) is 0 Å². The third-order valence-corrected chi connectivity index (χ3v) is 7.48. The second kappa shape index (κ2) is 11.6. The second-order valence-electron chi connectivity index (χ2n) is 10.3. The molecule has 0 bridgehead atoms. The lowest BCUT2D eigenvalue weighted by Crippen LogP contribution is -2.30. The van der Waals surface area contributed by atoms with E-state index in [2.05, 4.69) is 53.8 Å². The number of benzene rings is 4. The van der Waals surface area contributed by atoms with Gasteiger partial charge in [-0.2, -0.15) is 0 Å². The van der Waals surface area contributed by atoms with E-state index in [1.54, 1.807) is 6.20 Å². The first-order valence-electron chi connectivity index (χ1n) is 13.8. The number of nitrogens with one attached hydrogen (secondary N) is 1. The van der Waals surface area contributed by atoms with Gasteiger partial charge in [-0.3, -0.25) is 0 Å². The van der Waals surface area contributed by atoms with Crippen molar-refractivity contribution in [1.29, 1.82) is 0 Å². The van der Waals surface area contributed by atoms with Crippen LogP contribution in [0.4, 0.5) is 11.4 Å². The second-order valence-corrected chi connectivity index (χ2v) is 10.3. The molecule has 6 heteroatoms. The quantitative estimate of drug-likeness (QED) is 0.204. The minimum Gasteiger partial charge on any atom is -0.476 e. The molecular weight excluding hydrogens is 494 g/mol. The summed E-state index contributed by atoms with van der Waals surface area (Å²) in [6.07, 6.45) is 3.98. The summed E-state index contributed by atoms with van der Waals surface area (Å²) in [4.78, 5) is 9.84. The molecule has 1 fully saturated rings. The molecule has 6 nitrogen and oxygen atoms in total. The van der Waals surface area contributed by atoms with E-state index in [4.69, 9.17) is 26.2 Å². The van der Waals surface area contributed by atoms with Gasteiger partial charge in [0.05, 0.1) is 18.5 Å². The summed E-state index contributed by atoms with van der Waals surface area (Å²) >= 11 is 0. The van der Waals surface area contributed by atoms with Crippen molar-refractivity contribution >= 4 is 11.4 Å². The molecule has 40 heavy (non-hydrogen) atoms. The Hall–Kier alpha value is -4.68. The molecule has 200 valence electrons. The van der Waals surface area contributed by atoms with E-state index < -0.39 is 0 Å². The van der Waals surface area contributed by atoms with Crippen LogP contribution in [0.3, 0.4) is 0 Å². The highest BCUT2D eigenvalue weighted by Gasteiger charge is 2.17. The third kappa shape index (κ3) is 5.82. The maximum Gasteiger partial charge on any atom is 0.232 e. The number of aromatic nitrogens is 2. The highest BCUT2D eigenvalue weighted by molar-refractivity contribution is 5.81. The minimum atomic E-state index is 0.534. The summed E-state index contributed by atoms with van der Waals surface area (Å²) in [5, 5.41) is 3.41. The first-order valence-corrected chi connectivity index (χ1v) is 13.8. The fourth-order valence-electron chi connectivity index (χ4n) is 5.10. The Morgan fingerprint density at radius 3 is 1.52 bits per heavy atom. The molecule has 0 unspecified atom stereocenters. The molecule has 1 saturated heterocycles. The van der Waals surface area contributed by atoms with E-state index in [1.807, 2.05) is 48.5 Å². The zero-order chi connectivity index (χ0) is 27.3. The van der Waals surface area contributed by atoms with Crippen molar-refractivity contribution in [3.63, 3.8) is 0 Å². The number of hydrogen-bond acceptors (Lipinski definition) is 6. The maximum absolute atomic E-state index is 6.17. The molecule has 0 radical (unpaired) electrons. The first kappa shape index (κ1) is 25.6. The van der Waals surface area contributed by atoms with Crippen molar-refractivity contribution in [2.45, 2.75) is 12.8 Å². The Morgan fingerprint density at radius 1 is 0.600 bits per heavy atom. The molecule has 5 aromatic rings. The van der Waals surface area contributed by atoms with Crippen molar-refractivity contribution in [3.05, 3.63) is 103 Å². The van der Waals surface area contributed by atoms with E-state index in [0.717, 1.165) is 82.1 Å². The zero-order valence-electron chi connectivity index (χ0n) is 22.4. The predicted molar refractivity (Wildman–Crippen MR) is 164 cm³/mol. The van der Waals surface area contributed by atoms with Crippen LogP contribution in [0, 0.1) is 5.92 Å². The van der Waals surface area contributed by atoms with Gasteiger partial charge in [0.1, 0.15) is 5.69 Å². The Morgan fingerprint density at radius 2 is 1.02 bits per heavy atom. The van der Waals surface area contributed by atoms with Crippen LogP contribution in [0.5, 0.6) is 5.88 Å². The van der Waals surface area contributed by atoms with Crippen LogP contribution < -0.4 is 21.5 Å². The number of rotatable bonds is 7. The lowest BCUT2D eigenvalue weighted by molar-refractivity contribution is 0.208. The summed E-state index contributed by atoms with van der Waals surface area (Å²) in [5.41, 5.74) is 21.3. The van der Waals surface area contributed by atoms with E-state index >= 15 is 0 Å². The molecule has 6 rings (SSSR count). The normalized spacial score (nSPS) is 13.7. The molecule has 0 amide bonds. The van der Waals surface area contributed by atoms with E-state index in [-0.39, 0.29) is 0 Å². The highest BCUT2D eigenvalue weighted by Crippen LogP contribution is 2.33. The molecule has 4 aromatic carbocycles. The molecule has 2 heterocycles. The fraction of sp³-hybridized carbons (Fsp3) is 0.176. The van der Waals surface area contributed by atoms with Crippen molar-refractivity contribution in [3.8, 4) is 50.6 Å². The van der Waals surface area contributed by atoms with Gasteiger partial charge in [-0.1, -0.05) is 72.8 Å². The molecule has 1 aliphatic rings. The van der Waals surface area contributed by atoms with Gasteiger partial charge >= 0.3 is 0 Å². The topological polar surface area (TPSA) is 99.1 Å². The molecule has 0 spiro atoms. The number of nitrogen functional groups attached to an aromatic ring is 2. The molecule has 0 saturated carbocycles. The molecule has 5 N–H and O–H groups in total. The van der Waals surface area contributed by atoms with Crippen LogP contribution in [-0.4, -0.2) is 29.7 Å². The molecular formula is C34H33N5O. The Kier molecular flexibility index (Phi) is 7.42. The average Bonchev–Trinajstić information content (AvgIpc) is 3.01. The predicted octanol–water partition coefficient (Wildman–Crippen LogP) is 6.69. The zero-order valence-corrected chi connectivity index (χ0v) is 22.4. The van der Waals surface area contributed by atoms with Gasteiger partial charge in [0.2, 0.25) is 5.88 Å². The van der Waals surface area contributed by atoms with Gasteiger partial charge in [-0.05, 0) is 78.4 Å². The van der Waals surface area contributed by atoms with E-state index in [9.17, 15) is 0 Å². The Bertz CT molecular complexity index is 1560. The standard InChI is InChI=1S/C34H33N5O/c35-30-13-9-26(10-14-30)24-1-5-28(6-2-24)33-34(39-32(21-38-33)40-22-23-17-19-37-20-18-23)29-7-3-25(4-8-29)27-11-15-31(36)16-12-27/h1-16,21,23,37H,17-20,22,35-36H2. The van der Waals surface area contributed by atoms with Gasteiger partial charge in [-0.15, -0.1) is 0 Å². The van der Waals surface area contributed by atoms with Crippen molar-refractivity contribution in [2.24, 2.45) is 5.92 Å². The monoisotopic (exact) mass is 527 g/mol. The van der Waals surface area contributed by atoms with Crippen molar-refractivity contribution in [1.82, 2.24) is 15.3 Å². The fourth-order valence-corrected chi connectivity index (χ4v) is 5.10. The number of nitrogens with zero attached hydrogens (tertiary/aromatic N) is 2. The summed E-state index contributed by atoms with van der Waals surface area (Å²) < 4.78 is 6.17. The largest absolute Gasteiger partial charge is 0.476 e. The number of nitrogens with two attached hydrogens (primary N) is 2. The van der Waals surface area contributed by atoms with E-state index in [1.165, 1.54) is 0 Å². The van der Waals surface area contributed by atoms with Crippen LogP contribution >= 0.6 is 0 Å². The van der Waals surface area contributed by atoms with Gasteiger partial charge in [0.25, 0.3) is 0 Å². The number of piperidine rings is 1. The van der Waals surface area contributed by atoms with Crippen LogP contribution in [0.25, 0.3) is 44.8 Å². The van der Waals surface area contributed by atoms with Gasteiger partial charge in [-0.25, -0.2) is 9.97 Å². The van der Waals surface area contributed by atoms with E-state index in [0.29, 0.717) is 18.4 Å².